The van der Waals surface area contributed by atoms with Crippen LogP contribution >= 0.6 is 34.9 Å². The first-order valence-electron chi connectivity index (χ1n) is 7.21. The molecule has 5 nitrogen and oxygen atoms in total. The number of hydrogen-bond acceptors (Lipinski definition) is 7. The second kappa shape index (κ2) is 9.14. The van der Waals surface area contributed by atoms with Crippen LogP contribution in [0.3, 0.4) is 0 Å². The zero-order chi connectivity index (χ0) is 16.7. The second-order valence-electron chi connectivity index (χ2n) is 5.19. The van der Waals surface area contributed by atoms with Crippen molar-refractivity contribution in [1.82, 2.24) is 10.2 Å². The summed E-state index contributed by atoms with van der Waals surface area (Å²) in [6.07, 6.45) is 1.99. The number of anilines is 2. The third-order valence-corrected chi connectivity index (χ3v) is 5.59. The quantitative estimate of drug-likeness (QED) is 0.685. The molecule has 0 fully saturated rings. The summed E-state index contributed by atoms with van der Waals surface area (Å²) in [5.41, 5.74) is 0.849. The van der Waals surface area contributed by atoms with Gasteiger partial charge in [0.05, 0.1) is 11.4 Å². The highest BCUT2D eigenvalue weighted by atomic mass is 32.2. The maximum absolute atomic E-state index is 12.1. The molecule has 0 saturated heterocycles. The number of benzene rings is 1. The molecule has 0 aliphatic carbocycles. The molecule has 0 spiro atoms. The summed E-state index contributed by atoms with van der Waals surface area (Å²) >= 11 is 4.49. The van der Waals surface area contributed by atoms with E-state index in [-0.39, 0.29) is 5.91 Å². The van der Waals surface area contributed by atoms with E-state index in [0.29, 0.717) is 11.7 Å². The Kier molecular flexibility index (Phi) is 7.19. The van der Waals surface area contributed by atoms with Crippen LogP contribution < -0.4 is 10.6 Å². The molecule has 1 aromatic carbocycles. The minimum Gasteiger partial charge on any atom is -0.360 e. The molecule has 0 unspecified atom stereocenters. The lowest BCUT2D eigenvalue weighted by molar-refractivity contribution is -0.113. The fraction of sp³-hybridized carbons (Fsp3) is 0.400. The van der Waals surface area contributed by atoms with Crippen molar-refractivity contribution in [2.45, 2.75) is 23.1 Å². The Labute approximate surface area is 149 Å². The van der Waals surface area contributed by atoms with Gasteiger partial charge in [-0.1, -0.05) is 49.1 Å². The number of amides is 1. The van der Waals surface area contributed by atoms with Crippen LogP contribution in [0.4, 0.5) is 10.8 Å². The van der Waals surface area contributed by atoms with Gasteiger partial charge in [-0.3, -0.25) is 4.79 Å². The maximum Gasteiger partial charge on any atom is 0.234 e. The smallest absolute Gasteiger partial charge is 0.234 e. The Hall–Kier alpha value is -1.25. The number of rotatable bonds is 8. The summed E-state index contributed by atoms with van der Waals surface area (Å²) < 4.78 is 0.796. The fourth-order valence-corrected chi connectivity index (χ4v) is 3.80. The van der Waals surface area contributed by atoms with Crippen molar-refractivity contribution in [1.29, 1.82) is 0 Å². The molecule has 0 atom stereocenters. The predicted octanol–water partition coefficient (Wildman–Crippen LogP) is 4.06. The molecule has 0 aliphatic heterocycles. The molecule has 2 aromatic rings. The van der Waals surface area contributed by atoms with E-state index in [0.717, 1.165) is 26.6 Å². The SMILES string of the molecule is CSc1ccccc1NC(=O)CSc1nnc(NCC(C)C)s1. The summed E-state index contributed by atoms with van der Waals surface area (Å²) in [6, 6.07) is 7.78. The van der Waals surface area contributed by atoms with E-state index >= 15 is 0 Å². The van der Waals surface area contributed by atoms with Crippen LogP contribution in [0.25, 0.3) is 0 Å². The van der Waals surface area contributed by atoms with Crippen LogP contribution in [0.1, 0.15) is 13.8 Å². The van der Waals surface area contributed by atoms with E-state index in [4.69, 9.17) is 0 Å². The van der Waals surface area contributed by atoms with Crippen molar-refractivity contribution in [3.05, 3.63) is 24.3 Å². The lowest BCUT2D eigenvalue weighted by atomic mass is 10.2. The highest BCUT2D eigenvalue weighted by Crippen LogP contribution is 2.27. The molecule has 1 amide bonds. The summed E-state index contributed by atoms with van der Waals surface area (Å²) in [7, 11) is 0. The largest absolute Gasteiger partial charge is 0.360 e. The van der Waals surface area contributed by atoms with Crippen molar-refractivity contribution in [2.24, 2.45) is 5.92 Å². The van der Waals surface area contributed by atoms with Crippen LogP contribution in [0.15, 0.2) is 33.5 Å². The van der Waals surface area contributed by atoms with Gasteiger partial charge in [0, 0.05) is 11.4 Å². The van der Waals surface area contributed by atoms with E-state index in [1.165, 1.54) is 23.1 Å². The molecule has 2 rings (SSSR count). The van der Waals surface area contributed by atoms with Gasteiger partial charge in [0.15, 0.2) is 4.34 Å². The van der Waals surface area contributed by atoms with Crippen molar-refractivity contribution in [3.8, 4) is 0 Å². The predicted molar refractivity (Wildman–Crippen MR) is 101 cm³/mol. The molecule has 124 valence electrons. The molecule has 8 heteroatoms. The first-order valence-corrected chi connectivity index (χ1v) is 10.2. The number of nitrogens with one attached hydrogen (secondary N) is 2. The Bertz CT molecular complexity index is 645. The van der Waals surface area contributed by atoms with E-state index in [1.807, 2.05) is 30.5 Å². The standard InChI is InChI=1S/C15H20N4OS3/c1-10(2)8-16-14-18-19-15(23-14)22-9-13(20)17-11-6-4-5-7-12(11)21-3/h4-7,10H,8-9H2,1-3H3,(H,16,18)(H,17,20). The molecule has 0 aliphatic rings. The van der Waals surface area contributed by atoms with Crippen LogP contribution in [-0.2, 0) is 4.79 Å². The monoisotopic (exact) mass is 368 g/mol. The van der Waals surface area contributed by atoms with E-state index in [9.17, 15) is 4.79 Å². The number of carbonyl (C=O) groups excluding carboxylic acids is 1. The van der Waals surface area contributed by atoms with Gasteiger partial charge in [0.25, 0.3) is 0 Å². The van der Waals surface area contributed by atoms with Gasteiger partial charge in [-0.05, 0) is 24.3 Å². The van der Waals surface area contributed by atoms with Gasteiger partial charge in [-0.15, -0.1) is 22.0 Å². The van der Waals surface area contributed by atoms with Gasteiger partial charge < -0.3 is 10.6 Å². The minimum absolute atomic E-state index is 0.0385. The molecule has 2 N–H and O–H groups in total. The molecular weight excluding hydrogens is 348 g/mol. The third-order valence-electron chi connectivity index (χ3n) is 2.78. The molecule has 1 heterocycles. The van der Waals surface area contributed by atoms with Crippen molar-refractivity contribution in [3.63, 3.8) is 0 Å². The van der Waals surface area contributed by atoms with E-state index < -0.39 is 0 Å². The number of para-hydroxylation sites is 1. The van der Waals surface area contributed by atoms with Crippen molar-refractivity contribution >= 4 is 51.6 Å². The minimum atomic E-state index is -0.0385. The lowest BCUT2D eigenvalue weighted by Gasteiger charge is -2.08. The number of carbonyl (C=O) groups is 1. The van der Waals surface area contributed by atoms with E-state index in [2.05, 4.69) is 34.7 Å². The van der Waals surface area contributed by atoms with Gasteiger partial charge in [-0.25, -0.2) is 0 Å². The van der Waals surface area contributed by atoms with Crippen molar-refractivity contribution in [2.75, 3.05) is 29.2 Å². The third kappa shape index (κ3) is 6.04. The molecule has 0 bridgehead atoms. The zero-order valence-corrected chi connectivity index (χ0v) is 15.8. The molecular formula is C15H20N4OS3. The number of aromatic nitrogens is 2. The van der Waals surface area contributed by atoms with Crippen LogP contribution in [0.2, 0.25) is 0 Å². The first-order chi connectivity index (χ1) is 11.1. The van der Waals surface area contributed by atoms with E-state index in [1.54, 1.807) is 11.8 Å². The number of hydrogen-bond donors (Lipinski definition) is 2. The van der Waals surface area contributed by atoms with Gasteiger partial charge >= 0.3 is 0 Å². The van der Waals surface area contributed by atoms with Crippen LogP contribution in [0, 0.1) is 5.92 Å². The van der Waals surface area contributed by atoms with Crippen LogP contribution in [0.5, 0.6) is 0 Å². The molecule has 0 radical (unpaired) electrons. The average Bonchev–Trinajstić information content (AvgIpc) is 2.99. The first kappa shape index (κ1) is 18.1. The average molecular weight is 369 g/mol. The Morgan fingerprint density at radius 2 is 2.09 bits per heavy atom. The summed E-state index contributed by atoms with van der Waals surface area (Å²) in [5.74, 6) is 0.835. The summed E-state index contributed by atoms with van der Waals surface area (Å²) in [5, 5.41) is 15.1. The topological polar surface area (TPSA) is 66.9 Å². The molecule has 23 heavy (non-hydrogen) atoms. The molecule has 1 aromatic heterocycles. The molecule has 0 saturated carbocycles. The van der Waals surface area contributed by atoms with Crippen LogP contribution in [-0.4, -0.2) is 34.7 Å². The lowest BCUT2D eigenvalue weighted by Crippen LogP contribution is -2.14. The summed E-state index contributed by atoms with van der Waals surface area (Å²) in [4.78, 5) is 13.1. The summed E-state index contributed by atoms with van der Waals surface area (Å²) in [6.45, 7) is 5.15. The van der Waals surface area contributed by atoms with Gasteiger partial charge in [0.1, 0.15) is 0 Å². The Morgan fingerprint density at radius 3 is 2.83 bits per heavy atom. The maximum atomic E-state index is 12.1. The van der Waals surface area contributed by atoms with Crippen molar-refractivity contribution < 1.29 is 4.79 Å². The highest BCUT2D eigenvalue weighted by Gasteiger charge is 2.10. The Balaban J connectivity index is 1.82. The second-order valence-corrected chi connectivity index (χ2v) is 8.23. The highest BCUT2D eigenvalue weighted by molar-refractivity contribution is 8.01. The zero-order valence-electron chi connectivity index (χ0n) is 13.3. The Morgan fingerprint density at radius 1 is 1.30 bits per heavy atom. The fourth-order valence-electron chi connectivity index (χ4n) is 1.69. The number of thioether (sulfide) groups is 2. The van der Waals surface area contributed by atoms with Gasteiger partial charge in [-0.2, -0.15) is 0 Å². The normalized spacial score (nSPS) is 10.8. The van der Waals surface area contributed by atoms with Gasteiger partial charge in [0.2, 0.25) is 11.0 Å². The number of nitrogens with zero attached hydrogens (tertiary/aromatic N) is 2.